The lowest BCUT2D eigenvalue weighted by Crippen LogP contribution is -2.40. The Hall–Kier alpha value is -2.13. The van der Waals surface area contributed by atoms with Gasteiger partial charge in [-0.25, -0.2) is 0 Å². The molecule has 1 unspecified atom stereocenters. The highest BCUT2D eigenvalue weighted by Gasteiger charge is 2.28. The second-order valence-corrected chi connectivity index (χ2v) is 5.70. The van der Waals surface area contributed by atoms with Gasteiger partial charge in [-0.3, -0.25) is 9.69 Å². The van der Waals surface area contributed by atoms with E-state index in [1.54, 1.807) is 0 Å². The predicted molar refractivity (Wildman–Crippen MR) is 83.7 cm³/mol. The summed E-state index contributed by atoms with van der Waals surface area (Å²) in [5.74, 6) is -0.279. The minimum atomic E-state index is -0.348. The maximum atomic E-state index is 12.0. The first-order valence-electron chi connectivity index (χ1n) is 7.32. The van der Waals surface area contributed by atoms with Crippen molar-refractivity contribution in [2.45, 2.75) is 25.9 Å². The van der Waals surface area contributed by atoms with E-state index in [0.717, 1.165) is 25.1 Å². The highest BCUT2D eigenvalue weighted by Crippen LogP contribution is 2.27. The summed E-state index contributed by atoms with van der Waals surface area (Å²) >= 11 is 0. The molecule has 0 aliphatic carbocycles. The van der Waals surface area contributed by atoms with Crippen LogP contribution in [0, 0.1) is 6.92 Å². The number of carbonyl (C=O) groups excluding carboxylic acids is 1. The Bertz CT molecular complexity index is 649. The van der Waals surface area contributed by atoms with Crippen molar-refractivity contribution in [2.75, 3.05) is 6.54 Å². The van der Waals surface area contributed by atoms with Crippen LogP contribution in [-0.4, -0.2) is 17.4 Å². The Kier molecular flexibility index (Phi) is 3.76. The number of nitrogens with zero attached hydrogens (tertiary/aromatic N) is 1. The Morgan fingerprint density at radius 2 is 1.76 bits per heavy atom. The fourth-order valence-corrected chi connectivity index (χ4v) is 3.04. The van der Waals surface area contributed by atoms with Gasteiger partial charge < -0.3 is 5.73 Å². The number of aryl methyl sites for hydroxylation is 1. The number of rotatable bonds is 3. The second kappa shape index (κ2) is 5.70. The van der Waals surface area contributed by atoms with Gasteiger partial charge >= 0.3 is 0 Å². The SMILES string of the molecule is Cc1ccc(C(C(N)=O)N2CCc3ccccc3C2)cc1. The van der Waals surface area contributed by atoms with E-state index in [2.05, 4.69) is 23.1 Å². The monoisotopic (exact) mass is 280 g/mol. The van der Waals surface area contributed by atoms with E-state index in [4.69, 9.17) is 5.73 Å². The molecular weight excluding hydrogens is 260 g/mol. The van der Waals surface area contributed by atoms with Crippen LogP contribution < -0.4 is 5.73 Å². The van der Waals surface area contributed by atoms with Gasteiger partial charge in [-0.2, -0.15) is 0 Å². The molecule has 0 aromatic heterocycles. The van der Waals surface area contributed by atoms with Crippen molar-refractivity contribution in [3.05, 3.63) is 70.8 Å². The third-order valence-corrected chi connectivity index (χ3v) is 4.19. The number of hydrogen-bond donors (Lipinski definition) is 1. The van der Waals surface area contributed by atoms with Crippen molar-refractivity contribution in [1.29, 1.82) is 0 Å². The molecule has 1 heterocycles. The maximum Gasteiger partial charge on any atom is 0.239 e. The molecule has 21 heavy (non-hydrogen) atoms. The molecule has 1 amide bonds. The highest BCUT2D eigenvalue weighted by atomic mass is 16.1. The van der Waals surface area contributed by atoms with E-state index in [1.807, 2.05) is 37.3 Å². The maximum absolute atomic E-state index is 12.0. The van der Waals surface area contributed by atoms with E-state index >= 15 is 0 Å². The molecule has 1 aliphatic heterocycles. The van der Waals surface area contributed by atoms with Crippen LogP contribution in [0.4, 0.5) is 0 Å². The quantitative estimate of drug-likeness (QED) is 0.939. The van der Waals surface area contributed by atoms with Gasteiger partial charge in [-0.1, -0.05) is 54.1 Å². The van der Waals surface area contributed by atoms with Crippen molar-refractivity contribution < 1.29 is 4.79 Å². The van der Waals surface area contributed by atoms with E-state index in [-0.39, 0.29) is 11.9 Å². The number of primary amides is 1. The molecule has 2 aromatic rings. The van der Waals surface area contributed by atoms with E-state index in [1.165, 1.54) is 16.7 Å². The molecule has 0 spiro atoms. The summed E-state index contributed by atoms with van der Waals surface area (Å²) in [5.41, 5.74) is 10.5. The van der Waals surface area contributed by atoms with Crippen molar-refractivity contribution >= 4 is 5.91 Å². The van der Waals surface area contributed by atoms with Gasteiger partial charge in [0, 0.05) is 13.1 Å². The van der Waals surface area contributed by atoms with Gasteiger partial charge in [-0.05, 0) is 30.0 Å². The lowest BCUT2D eigenvalue weighted by atomic mass is 9.96. The Balaban J connectivity index is 1.89. The molecule has 0 saturated heterocycles. The first-order valence-corrected chi connectivity index (χ1v) is 7.32. The standard InChI is InChI=1S/C18H20N2O/c1-13-6-8-15(9-7-13)17(18(19)21)20-11-10-14-4-2-3-5-16(14)12-20/h2-9,17H,10-12H2,1H3,(H2,19,21). The van der Waals surface area contributed by atoms with Gasteiger partial charge in [0.05, 0.1) is 0 Å². The number of hydrogen-bond acceptors (Lipinski definition) is 2. The van der Waals surface area contributed by atoms with Crippen molar-refractivity contribution in [3.8, 4) is 0 Å². The van der Waals surface area contributed by atoms with Crippen molar-refractivity contribution in [1.82, 2.24) is 4.90 Å². The number of nitrogens with two attached hydrogens (primary N) is 1. The van der Waals surface area contributed by atoms with Gasteiger partial charge in [0.15, 0.2) is 0 Å². The first kappa shape index (κ1) is 13.8. The van der Waals surface area contributed by atoms with Crippen LogP contribution in [0.25, 0.3) is 0 Å². The molecular formula is C18H20N2O. The zero-order chi connectivity index (χ0) is 14.8. The second-order valence-electron chi connectivity index (χ2n) is 5.70. The predicted octanol–water partition coefficient (Wildman–Crippen LogP) is 2.58. The topological polar surface area (TPSA) is 46.3 Å². The fraction of sp³-hybridized carbons (Fsp3) is 0.278. The van der Waals surface area contributed by atoms with E-state index in [0.29, 0.717) is 0 Å². The molecule has 0 saturated carbocycles. The summed E-state index contributed by atoms with van der Waals surface area (Å²) in [7, 11) is 0. The van der Waals surface area contributed by atoms with Crippen LogP contribution in [-0.2, 0) is 17.8 Å². The largest absolute Gasteiger partial charge is 0.368 e. The van der Waals surface area contributed by atoms with Crippen LogP contribution in [0.1, 0.15) is 28.3 Å². The number of benzene rings is 2. The average molecular weight is 280 g/mol. The number of carbonyl (C=O) groups is 1. The molecule has 2 N–H and O–H groups in total. The summed E-state index contributed by atoms with van der Waals surface area (Å²) < 4.78 is 0. The third kappa shape index (κ3) is 2.83. The van der Waals surface area contributed by atoms with E-state index < -0.39 is 0 Å². The molecule has 3 rings (SSSR count). The van der Waals surface area contributed by atoms with Crippen molar-refractivity contribution in [2.24, 2.45) is 5.73 Å². The first-order chi connectivity index (χ1) is 10.1. The molecule has 0 radical (unpaired) electrons. The van der Waals surface area contributed by atoms with Gasteiger partial charge in [0.1, 0.15) is 6.04 Å². The minimum absolute atomic E-state index is 0.279. The summed E-state index contributed by atoms with van der Waals surface area (Å²) in [4.78, 5) is 14.2. The molecule has 1 aliphatic rings. The van der Waals surface area contributed by atoms with Gasteiger partial charge in [-0.15, -0.1) is 0 Å². The van der Waals surface area contributed by atoms with Crippen LogP contribution in [0.5, 0.6) is 0 Å². The van der Waals surface area contributed by atoms with Crippen molar-refractivity contribution in [3.63, 3.8) is 0 Å². The zero-order valence-corrected chi connectivity index (χ0v) is 12.3. The Morgan fingerprint density at radius 3 is 2.43 bits per heavy atom. The van der Waals surface area contributed by atoms with E-state index in [9.17, 15) is 4.79 Å². The lowest BCUT2D eigenvalue weighted by Gasteiger charge is -2.34. The zero-order valence-electron chi connectivity index (χ0n) is 12.3. The molecule has 0 fully saturated rings. The molecule has 2 aromatic carbocycles. The average Bonchev–Trinajstić information content (AvgIpc) is 2.49. The third-order valence-electron chi connectivity index (χ3n) is 4.19. The van der Waals surface area contributed by atoms with Crippen LogP contribution in [0.3, 0.4) is 0 Å². The normalized spacial score (nSPS) is 16.2. The number of fused-ring (bicyclic) bond motifs is 1. The Morgan fingerprint density at radius 1 is 1.10 bits per heavy atom. The molecule has 3 nitrogen and oxygen atoms in total. The van der Waals surface area contributed by atoms with Gasteiger partial charge in [0.25, 0.3) is 0 Å². The summed E-state index contributed by atoms with van der Waals surface area (Å²) in [6.07, 6.45) is 0.964. The summed E-state index contributed by atoms with van der Waals surface area (Å²) in [6, 6.07) is 16.1. The van der Waals surface area contributed by atoms with Crippen LogP contribution in [0.2, 0.25) is 0 Å². The lowest BCUT2D eigenvalue weighted by molar-refractivity contribution is -0.123. The highest BCUT2D eigenvalue weighted by molar-refractivity contribution is 5.81. The fourth-order valence-electron chi connectivity index (χ4n) is 3.04. The minimum Gasteiger partial charge on any atom is -0.368 e. The number of amides is 1. The summed E-state index contributed by atoms with van der Waals surface area (Å²) in [5, 5.41) is 0. The van der Waals surface area contributed by atoms with Crippen LogP contribution >= 0.6 is 0 Å². The molecule has 0 bridgehead atoms. The van der Waals surface area contributed by atoms with Gasteiger partial charge in [0.2, 0.25) is 5.91 Å². The summed E-state index contributed by atoms with van der Waals surface area (Å²) in [6.45, 7) is 3.68. The Labute approximate surface area is 125 Å². The molecule has 108 valence electrons. The van der Waals surface area contributed by atoms with Crippen LogP contribution in [0.15, 0.2) is 48.5 Å². The smallest absolute Gasteiger partial charge is 0.239 e. The molecule has 1 atom stereocenters. The molecule has 3 heteroatoms.